The third-order valence-electron chi connectivity index (χ3n) is 5.22. The minimum Gasteiger partial charge on any atom is -0.490 e. The summed E-state index contributed by atoms with van der Waals surface area (Å²) in [6.07, 6.45) is 17.4. The quantitative estimate of drug-likeness (QED) is 0.185. The van der Waals surface area contributed by atoms with Crippen LogP contribution in [0.3, 0.4) is 0 Å². The number of hydrogen-bond donors (Lipinski definition) is 0. The van der Waals surface area contributed by atoms with Crippen molar-refractivity contribution in [2.75, 3.05) is 13.2 Å². The van der Waals surface area contributed by atoms with Gasteiger partial charge in [0.25, 0.3) is 0 Å². The Bertz CT molecular complexity index is 904. The van der Waals surface area contributed by atoms with Gasteiger partial charge in [0, 0.05) is 11.1 Å². The van der Waals surface area contributed by atoms with E-state index < -0.39 is 0 Å². The molecule has 2 aromatic carbocycles. The first-order valence-corrected chi connectivity index (χ1v) is 12.0. The predicted octanol–water partition coefficient (Wildman–Crippen LogP) is 8.26. The van der Waals surface area contributed by atoms with Crippen molar-refractivity contribution in [2.45, 2.75) is 52.4 Å². The fourth-order valence-corrected chi connectivity index (χ4v) is 3.25. The largest absolute Gasteiger partial charge is 0.490 e. The van der Waals surface area contributed by atoms with E-state index in [2.05, 4.69) is 43.1 Å². The van der Waals surface area contributed by atoms with E-state index >= 15 is 0 Å². The van der Waals surface area contributed by atoms with Crippen molar-refractivity contribution in [3.8, 4) is 34.3 Å². The number of rotatable bonds is 14. The molecule has 0 N–H and O–H groups in total. The van der Waals surface area contributed by atoms with E-state index in [1.807, 2.05) is 48.5 Å². The van der Waals surface area contributed by atoms with Crippen LogP contribution in [-0.4, -0.2) is 18.2 Å². The second kappa shape index (κ2) is 14.0. The molecule has 0 radical (unpaired) electrons. The van der Waals surface area contributed by atoms with Gasteiger partial charge in [-0.25, -0.2) is 4.98 Å². The maximum Gasteiger partial charge on any atom is 0.226 e. The second-order valence-corrected chi connectivity index (χ2v) is 7.93. The summed E-state index contributed by atoms with van der Waals surface area (Å²) >= 11 is 0. The van der Waals surface area contributed by atoms with Gasteiger partial charge in [-0.3, -0.25) is 0 Å². The Balaban J connectivity index is 1.51. The molecule has 0 saturated carbocycles. The smallest absolute Gasteiger partial charge is 0.226 e. The first kappa shape index (κ1) is 24.4. The Kier molecular flexibility index (Phi) is 10.3. The molecule has 0 saturated heterocycles. The minimum absolute atomic E-state index is 0.584. The highest BCUT2D eigenvalue weighted by molar-refractivity contribution is 5.62. The van der Waals surface area contributed by atoms with Gasteiger partial charge in [0.15, 0.2) is 5.76 Å². The Labute approximate surface area is 198 Å². The number of benzene rings is 2. The van der Waals surface area contributed by atoms with Gasteiger partial charge in [-0.05, 0) is 61.4 Å². The van der Waals surface area contributed by atoms with Crippen LogP contribution in [0.2, 0.25) is 0 Å². The van der Waals surface area contributed by atoms with E-state index in [-0.39, 0.29) is 0 Å². The molecule has 0 aliphatic carbocycles. The maximum absolute atomic E-state index is 5.99. The molecule has 0 aliphatic rings. The molecule has 33 heavy (non-hydrogen) atoms. The maximum atomic E-state index is 5.99. The van der Waals surface area contributed by atoms with Crippen molar-refractivity contribution in [3.05, 3.63) is 79.0 Å². The van der Waals surface area contributed by atoms with Gasteiger partial charge in [-0.2, -0.15) is 0 Å². The lowest BCUT2D eigenvalue weighted by atomic mass is 10.2. The van der Waals surface area contributed by atoms with E-state index in [9.17, 15) is 0 Å². The minimum atomic E-state index is 0.584. The summed E-state index contributed by atoms with van der Waals surface area (Å²) in [7, 11) is 0. The van der Waals surface area contributed by atoms with Gasteiger partial charge in [0.05, 0.1) is 6.20 Å². The SMILES string of the molecule is CCCC/C=C/COc1ccc(-c2cnc(-c3ccc(OC/C=C/CCCC)cc3)o2)cc1. The van der Waals surface area contributed by atoms with Crippen molar-refractivity contribution in [1.29, 1.82) is 0 Å². The zero-order valence-corrected chi connectivity index (χ0v) is 19.8. The predicted molar refractivity (Wildman–Crippen MR) is 136 cm³/mol. The lowest BCUT2D eigenvalue weighted by molar-refractivity contribution is 0.362. The molecular formula is C29H35NO3. The number of aromatic nitrogens is 1. The number of unbranched alkanes of at least 4 members (excludes halogenated alkanes) is 4. The van der Waals surface area contributed by atoms with Crippen molar-refractivity contribution >= 4 is 0 Å². The van der Waals surface area contributed by atoms with E-state index in [1.54, 1.807) is 6.20 Å². The van der Waals surface area contributed by atoms with Gasteiger partial charge in [-0.15, -0.1) is 0 Å². The average molecular weight is 446 g/mol. The zero-order valence-electron chi connectivity index (χ0n) is 19.8. The van der Waals surface area contributed by atoms with Crippen molar-refractivity contribution in [1.82, 2.24) is 4.98 Å². The fraction of sp³-hybridized carbons (Fsp3) is 0.345. The number of allylic oxidation sites excluding steroid dienone is 2. The second-order valence-electron chi connectivity index (χ2n) is 7.93. The lowest BCUT2D eigenvalue weighted by Crippen LogP contribution is -1.93. The summed E-state index contributed by atoms with van der Waals surface area (Å²) in [5, 5.41) is 0. The zero-order chi connectivity index (χ0) is 23.1. The molecule has 3 aromatic rings. The third kappa shape index (κ3) is 8.30. The van der Waals surface area contributed by atoms with Gasteiger partial charge in [0.1, 0.15) is 24.7 Å². The number of hydrogen-bond acceptors (Lipinski definition) is 4. The van der Waals surface area contributed by atoms with Crippen LogP contribution in [-0.2, 0) is 0 Å². The van der Waals surface area contributed by atoms with Crippen LogP contribution < -0.4 is 9.47 Å². The third-order valence-corrected chi connectivity index (χ3v) is 5.22. The molecule has 0 bridgehead atoms. The van der Waals surface area contributed by atoms with Crippen molar-refractivity contribution in [2.24, 2.45) is 0 Å². The average Bonchev–Trinajstić information content (AvgIpc) is 3.35. The highest BCUT2D eigenvalue weighted by Gasteiger charge is 2.09. The van der Waals surface area contributed by atoms with Crippen LogP contribution in [0.1, 0.15) is 52.4 Å². The summed E-state index contributed by atoms with van der Waals surface area (Å²) in [5.41, 5.74) is 1.89. The Morgan fingerprint density at radius 1 is 0.697 bits per heavy atom. The Hall–Kier alpha value is -3.27. The van der Waals surface area contributed by atoms with Crippen LogP contribution in [0.5, 0.6) is 11.5 Å². The summed E-state index contributed by atoms with van der Waals surface area (Å²) in [5.74, 6) is 3.00. The summed E-state index contributed by atoms with van der Waals surface area (Å²) in [4.78, 5) is 4.44. The highest BCUT2D eigenvalue weighted by atomic mass is 16.5. The molecule has 174 valence electrons. The van der Waals surface area contributed by atoms with Crippen LogP contribution in [0, 0.1) is 0 Å². The Morgan fingerprint density at radius 2 is 1.21 bits per heavy atom. The van der Waals surface area contributed by atoms with Crippen LogP contribution in [0.4, 0.5) is 0 Å². The number of oxazole rings is 1. The fourth-order valence-electron chi connectivity index (χ4n) is 3.25. The Morgan fingerprint density at radius 3 is 1.73 bits per heavy atom. The molecule has 0 spiro atoms. The lowest BCUT2D eigenvalue weighted by Gasteiger charge is -2.04. The summed E-state index contributed by atoms with van der Waals surface area (Å²) < 4.78 is 17.5. The summed E-state index contributed by atoms with van der Waals surface area (Å²) in [6.45, 7) is 5.57. The first-order valence-electron chi connectivity index (χ1n) is 12.0. The van der Waals surface area contributed by atoms with Crippen LogP contribution in [0.15, 0.2) is 83.4 Å². The van der Waals surface area contributed by atoms with Gasteiger partial charge >= 0.3 is 0 Å². The molecule has 0 fully saturated rings. The molecule has 0 amide bonds. The monoisotopic (exact) mass is 445 g/mol. The van der Waals surface area contributed by atoms with Crippen LogP contribution >= 0.6 is 0 Å². The van der Waals surface area contributed by atoms with Crippen molar-refractivity contribution in [3.63, 3.8) is 0 Å². The molecule has 1 aromatic heterocycles. The van der Waals surface area contributed by atoms with E-state index in [4.69, 9.17) is 13.9 Å². The van der Waals surface area contributed by atoms with E-state index in [0.717, 1.165) is 41.2 Å². The van der Waals surface area contributed by atoms with Gasteiger partial charge < -0.3 is 13.9 Å². The molecule has 0 unspecified atom stereocenters. The number of nitrogens with zero attached hydrogens (tertiary/aromatic N) is 1. The molecule has 4 heteroatoms. The van der Waals surface area contributed by atoms with Gasteiger partial charge in [0.2, 0.25) is 5.89 Å². The van der Waals surface area contributed by atoms with E-state index in [1.165, 1.54) is 25.7 Å². The number of ether oxygens (including phenoxy) is 2. The van der Waals surface area contributed by atoms with E-state index in [0.29, 0.717) is 19.1 Å². The topological polar surface area (TPSA) is 44.5 Å². The van der Waals surface area contributed by atoms with Crippen molar-refractivity contribution < 1.29 is 13.9 Å². The molecule has 0 atom stereocenters. The van der Waals surface area contributed by atoms with Gasteiger partial charge in [-0.1, -0.05) is 63.8 Å². The molecule has 3 rings (SSSR count). The molecule has 1 heterocycles. The molecule has 0 aliphatic heterocycles. The standard InChI is InChI=1S/C29H35NO3/c1-3-5-7-9-11-21-31-26-17-13-24(14-18-26)28-23-30-29(33-28)25-15-19-27(20-16-25)32-22-12-10-8-6-4-2/h9-20,23H,3-8,21-22H2,1-2H3/b11-9+,12-10+. The first-order chi connectivity index (χ1) is 16.3. The summed E-state index contributed by atoms with van der Waals surface area (Å²) in [6, 6.07) is 15.7. The normalized spacial score (nSPS) is 11.5. The molecule has 4 nitrogen and oxygen atoms in total. The highest BCUT2D eigenvalue weighted by Crippen LogP contribution is 2.28. The van der Waals surface area contributed by atoms with Crippen LogP contribution in [0.25, 0.3) is 22.8 Å². The molecular weight excluding hydrogens is 410 g/mol.